The molecule has 0 saturated heterocycles. The van der Waals surface area contributed by atoms with Gasteiger partial charge in [-0.1, -0.05) is 29.8 Å². The number of anilines is 1. The van der Waals surface area contributed by atoms with Crippen molar-refractivity contribution in [3.8, 4) is 10.8 Å². The molecular weight excluding hydrogens is 548 g/mol. The molecule has 0 spiro atoms. The summed E-state index contributed by atoms with van der Waals surface area (Å²) in [6, 6.07) is 14.3. The largest absolute Gasteiger partial charge is 0.491 e. The van der Waals surface area contributed by atoms with Crippen LogP contribution in [0.4, 0.5) is 5.69 Å². The normalized spacial score (nSPS) is 14.2. The van der Waals surface area contributed by atoms with Crippen LogP contribution in [0.3, 0.4) is 0 Å². The van der Waals surface area contributed by atoms with E-state index in [9.17, 15) is 4.79 Å². The highest BCUT2D eigenvalue weighted by molar-refractivity contribution is 7.15. The molecule has 2 aromatic heterocycles. The number of nitrogens with one attached hydrogen (secondary N) is 1. The number of rotatable bonds is 10. The second-order valence-electron chi connectivity index (χ2n) is 9.43. The number of aromatic nitrogens is 3. The van der Waals surface area contributed by atoms with Gasteiger partial charge in [0.1, 0.15) is 29.2 Å². The molecule has 2 aromatic carbocycles. The highest BCUT2D eigenvalue weighted by Gasteiger charge is 2.32. The summed E-state index contributed by atoms with van der Waals surface area (Å²) < 4.78 is 13.1. The lowest BCUT2D eigenvalue weighted by atomic mass is 9.99. The van der Waals surface area contributed by atoms with Crippen molar-refractivity contribution < 1.29 is 14.3 Å². The number of aryl methyl sites for hydroxylation is 2. The fourth-order valence-electron chi connectivity index (χ4n) is 4.59. The van der Waals surface area contributed by atoms with E-state index in [1.54, 1.807) is 17.4 Å². The predicted molar refractivity (Wildman–Crippen MR) is 158 cm³/mol. The van der Waals surface area contributed by atoms with Crippen LogP contribution >= 0.6 is 22.9 Å². The van der Waals surface area contributed by atoms with E-state index in [0.29, 0.717) is 48.6 Å². The summed E-state index contributed by atoms with van der Waals surface area (Å²) in [5.41, 5.74) is 9.97. The molecule has 1 amide bonds. The molecule has 3 N–H and O–H groups in total. The third-order valence-corrected chi connectivity index (χ3v) is 8.06. The minimum absolute atomic E-state index is 0.0835. The van der Waals surface area contributed by atoms with Gasteiger partial charge >= 0.3 is 0 Å². The Bertz CT molecular complexity index is 1550. The summed E-state index contributed by atoms with van der Waals surface area (Å²) in [5.74, 6) is 1.82. The first-order valence-corrected chi connectivity index (χ1v) is 14.2. The van der Waals surface area contributed by atoms with Crippen LogP contribution in [0.15, 0.2) is 53.5 Å². The summed E-state index contributed by atoms with van der Waals surface area (Å²) in [6.07, 6.45) is 0.0835. The highest BCUT2D eigenvalue weighted by Crippen LogP contribution is 2.39. The van der Waals surface area contributed by atoms with Gasteiger partial charge in [-0.05, 0) is 50.6 Å². The summed E-state index contributed by atoms with van der Waals surface area (Å²) in [4.78, 5) is 19.7. The van der Waals surface area contributed by atoms with Gasteiger partial charge in [0.2, 0.25) is 5.91 Å². The van der Waals surface area contributed by atoms with E-state index in [1.165, 1.54) is 4.88 Å². The summed E-state index contributed by atoms with van der Waals surface area (Å²) >= 11 is 7.87. The van der Waals surface area contributed by atoms with Crippen molar-refractivity contribution in [3.63, 3.8) is 0 Å². The summed E-state index contributed by atoms with van der Waals surface area (Å²) in [7, 11) is 0. The molecule has 0 bridgehead atoms. The second-order valence-corrected chi connectivity index (χ2v) is 11.1. The molecule has 4 aromatic rings. The number of thiophene rings is 1. The molecule has 1 aliphatic heterocycles. The van der Waals surface area contributed by atoms with Crippen molar-refractivity contribution in [1.82, 2.24) is 14.8 Å². The number of benzene rings is 2. The molecule has 5 rings (SSSR count). The SMILES string of the molecule is Cc1sc2c(c1C)C(c1ccc(Cl)cc1)=N[C@@H](CC(=O)Nc1cccc(OCCOCCN)c1)c1nnc(C)n1-2. The van der Waals surface area contributed by atoms with Crippen LogP contribution in [-0.4, -0.2) is 52.7 Å². The number of aliphatic imine (C=N–C) groups is 1. The summed E-state index contributed by atoms with van der Waals surface area (Å²) in [5, 5.41) is 13.5. The number of carbonyl (C=O) groups is 1. The molecule has 0 radical (unpaired) electrons. The van der Waals surface area contributed by atoms with Crippen LogP contribution in [0.1, 0.15) is 45.7 Å². The lowest BCUT2D eigenvalue weighted by Gasteiger charge is -2.14. The average Bonchev–Trinajstić information content (AvgIpc) is 3.41. The topological polar surface area (TPSA) is 117 Å². The van der Waals surface area contributed by atoms with E-state index in [1.807, 2.05) is 54.0 Å². The van der Waals surface area contributed by atoms with E-state index in [0.717, 1.165) is 33.2 Å². The van der Waals surface area contributed by atoms with E-state index >= 15 is 0 Å². The Kier molecular flexibility index (Phi) is 8.60. The van der Waals surface area contributed by atoms with Gasteiger partial charge in [0.25, 0.3) is 0 Å². The Morgan fingerprint density at radius 1 is 1.10 bits per heavy atom. The number of amides is 1. The molecule has 1 aliphatic rings. The Morgan fingerprint density at radius 3 is 2.67 bits per heavy atom. The molecule has 0 saturated carbocycles. The fraction of sp³-hybridized carbons (Fsp3) is 0.310. The third-order valence-electron chi connectivity index (χ3n) is 6.61. The zero-order chi connectivity index (χ0) is 28.2. The van der Waals surface area contributed by atoms with Gasteiger partial charge in [-0.2, -0.15) is 0 Å². The van der Waals surface area contributed by atoms with Gasteiger partial charge in [0, 0.05) is 39.3 Å². The lowest BCUT2D eigenvalue weighted by molar-refractivity contribution is -0.116. The zero-order valence-corrected chi connectivity index (χ0v) is 24.2. The maximum Gasteiger partial charge on any atom is 0.227 e. The third kappa shape index (κ3) is 5.95. The van der Waals surface area contributed by atoms with Crippen LogP contribution in [0.25, 0.3) is 5.00 Å². The minimum atomic E-state index is -0.551. The van der Waals surface area contributed by atoms with Crippen LogP contribution < -0.4 is 15.8 Å². The monoisotopic (exact) mass is 578 g/mol. The predicted octanol–water partition coefficient (Wildman–Crippen LogP) is 5.18. The minimum Gasteiger partial charge on any atom is -0.491 e. The molecule has 1 atom stereocenters. The molecule has 0 unspecified atom stereocenters. The van der Waals surface area contributed by atoms with Crippen LogP contribution in [0.2, 0.25) is 5.02 Å². The van der Waals surface area contributed by atoms with E-state index in [2.05, 4.69) is 29.4 Å². The fourth-order valence-corrected chi connectivity index (χ4v) is 5.93. The zero-order valence-electron chi connectivity index (χ0n) is 22.6. The standard InChI is InChI=1S/C29H31ClN6O3S/c1-17-18(2)40-29-26(17)27(20-7-9-21(30)10-8-20)33-24(28-35-34-19(3)36(28)29)16-25(37)32-22-5-4-6-23(15-22)39-14-13-38-12-11-31/h4-10,15,24H,11-14,16,31H2,1-3H3,(H,32,37)/t24-/m0/s1. The maximum atomic E-state index is 13.3. The Balaban J connectivity index is 1.43. The van der Waals surface area contributed by atoms with Crippen molar-refractivity contribution in [2.24, 2.45) is 10.7 Å². The van der Waals surface area contributed by atoms with Gasteiger partial charge in [-0.3, -0.25) is 14.4 Å². The van der Waals surface area contributed by atoms with Gasteiger partial charge in [-0.15, -0.1) is 21.5 Å². The molecule has 40 heavy (non-hydrogen) atoms. The molecule has 0 fully saturated rings. The lowest BCUT2D eigenvalue weighted by Crippen LogP contribution is -2.17. The Hall–Kier alpha value is -3.57. The van der Waals surface area contributed by atoms with Gasteiger partial charge < -0.3 is 20.5 Å². The molecule has 0 aliphatic carbocycles. The van der Waals surface area contributed by atoms with E-state index in [4.69, 9.17) is 31.8 Å². The second kappa shape index (κ2) is 12.3. The van der Waals surface area contributed by atoms with Crippen molar-refractivity contribution in [1.29, 1.82) is 0 Å². The molecule has 208 valence electrons. The smallest absolute Gasteiger partial charge is 0.227 e. The summed E-state index contributed by atoms with van der Waals surface area (Å²) in [6.45, 7) is 7.90. The van der Waals surface area contributed by atoms with Gasteiger partial charge in [0.15, 0.2) is 5.82 Å². The first-order valence-electron chi connectivity index (χ1n) is 13.0. The molecule has 11 heteroatoms. The molecular formula is C29H31ClN6O3S. The van der Waals surface area contributed by atoms with Crippen LogP contribution in [0.5, 0.6) is 5.75 Å². The number of hydrogen-bond donors (Lipinski definition) is 2. The Morgan fingerprint density at radius 2 is 1.90 bits per heavy atom. The number of ether oxygens (including phenoxy) is 2. The quantitative estimate of drug-likeness (QED) is 0.250. The van der Waals surface area contributed by atoms with Crippen LogP contribution in [0, 0.1) is 20.8 Å². The number of fused-ring (bicyclic) bond motifs is 3. The maximum absolute atomic E-state index is 13.3. The van der Waals surface area contributed by atoms with Crippen molar-refractivity contribution in [2.75, 3.05) is 31.7 Å². The molecule has 3 heterocycles. The highest BCUT2D eigenvalue weighted by atomic mass is 35.5. The Labute approximate surface area is 242 Å². The van der Waals surface area contributed by atoms with Crippen molar-refractivity contribution in [2.45, 2.75) is 33.2 Å². The van der Waals surface area contributed by atoms with Gasteiger partial charge in [-0.25, -0.2) is 0 Å². The number of carbonyl (C=O) groups excluding carboxylic acids is 1. The van der Waals surface area contributed by atoms with Crippen LogP contribution in [-0.2, 0) is 9.53 Å². The number of hydrogen-bond acceptors (Lipinski definition) is 8. The van der Waals surface area contributed by atoms with Crippen molar-refractivity contribution >= 4 is 40.2 Å². The molecule has 9 nitrogen and oxygen atoms in total. The number of halogens is 1. The van der Waals surface area contributed by atoms with E-state index in [-0.39, 0.29) is 12.3 Å². The van der Waals surface area contributed by atoms with E-state index < -0.39 is 6.04 Å². The average molecular weight is 579 g/mol. The first-order chi connectivity index (χ1) is 19.4. The van der Waals surface area contributed by atoms with Crippen molar-refractivity contribution in [3.05, 3.63) is 86.8 Å². The first kappa shape index (κ1) is 28.0. The van der Waals surface area contributed by atoms with Gasteiger partial charge in [0.05, 0.1) is 25.3 Å². The number of nitrogens with two attached hydrogens (primary N) is 1. The number of nitrogens with zero attached hydrogens (tertiary/aromatic N) is 4.